The number of ether oxygens (including phenoxy) is 2. The Morgan fingerprint density at radius 1 is 1.15 bits per heavy atom. The van der Waals surface area contributed by atoms with Crippen LogP contribution in [0.15, 0.2) is 0 Å². The Hall–Kier alpha value is -0.160. The van der Waals surface area contributed by atoms with Gasteiger partial charge in [0.1, 0.15) is 0 Å². The number of hydrogen-bond acceptors (Lipinski definition) is 4. The normalized spacial score (nSPS) is 19.4. The topological polar surface area (TPSA) is 50.7 Å². The first-order chi connectivity index (χ1) is 9.74. The van der Waals surface area contributed by atoms with Crippen LogP contribution in [-0.2, 0) is 9.47 Å². The molecule has 0 amide bonds. The average Bonchev–Trinajstić information content (AvgIpc) is 2.98. The lowest BCUT2D eigenvalue weighted by molar-refractivity contribution is 0.00287. The Labute approximate surface area is 124 Å². The summed E-state index contributed by atoms with van der Waals surface area (Å²) in [6.07, 6.45) is 7.22. The number of unbranched alkanes of at least 4 members (excludes halogenated alkanes) is 1. The molecule has 0 aliphatic heterocycles. The van der Waals surface area contributed by atoms with Crippen LogP contribution < -0.4 is 5.32 Å². The molecule has 1 aliphatic rings. The maximum Gasteiger partial charge on any atom is 0.0897 e. The molecule has 1 rings (SSSR count). The van der Waals surface area contributed by atoms with Gasteiger partial charge in [0, 0.05) is 19.2 Å². The van der Waals surface area contributed by atoms with E-state index in [1.165, 1.54) is 25.7 Å². The molecular weight excluding hydrogens is 254 g/mol. The number of rotatable bonds is 12. The molecular formula is C16H33NO3. The monoisotopic (exact) mass is 287 g/mol. The third kappa shape index (κ3) is 8.20. The standard InChI is InChI=1S/C16H33NO3/c1-3-4-9-19-10-11-20-13-16(18)12-17-14(2)15-7-5-6-8-15/h14-18H,3-13H2,1-2H3. The zero-order chi connectivity index (χ0) is 14.6. The highest BCUT2D eigenvalue weighted by Crippen LogP contribution is 2.27. The smallest absolute Gasteiger partial charge is 0.0897 e. The van der Waals surface area contributed by atoms with E-state index >= 15 is 0 Å². The van der Waals surface area contributed by atoms with E-state index in [1.54, 1.807) is 0 Å². The van der Waals surface area contributed by atoms with Crippen LogP contribution in [0.5, 0.6) is 0 Å². The SMILES string of the molecule is CCCCOCCOCC(O)CNC(C)C1CCCC1. The van der Waals surface area contributed by atoms with Gasteiger partial charge in [-0.1, -0.05) is 26.2 Å². The van der Waals surface area contributed by atoms with E-state index in [-0.39, 0.29) is 0 Å². The van der Waals surface area contributed by atoms with Gasteiger partial charge in [-0.3, -0.25) is 0 Å². The lowest BCUT2D eigenvalue weighted by atomic mass is 10.00. The predicted molar refractivity (Wildman–Crippen MR) is 82.0 cm³/mol. The minimum absolute atomic E-state index is 0.390. The molecule has 4 nitrogen and oxygen atoms in total. The molecule has 4 heteroatoms. The van der Waals surface area contributed by atoms with Crippen molar-refractivity contribution >= 4 is 0 Å². The molecule has 0 saturated heterocycles. The minimum Gasteiger partial charge on any atom is -0.389 e. The summed E-state index contributed by atoms with van der Waals surface area (Å²) in [5.74, 6) is 0.787. The van der Waals surface area contributed by atoms with Gasteiger partial charge < -0.3 is 19.9 Å². The Bertz CT molecular complexity index is 220. The zero-order valence-electron chi connectivity index (χ0n) is 13.3. The third-order valence-corrected chi connectivity index (χ3v) is 4.11. The molecule has 0 bridgehead atoms. The fourth-order valence-electron chi connectivity index (χ4n) is 2.69. The highest BCUT2D eigenvalue weighted by atomic mass is 16.5. The molecule has 0 heterocycles. The summed E-state index contributed by atoms with van der Waals surface area (Å²) in [6.45, 7) is 7.39. The summed E-state index contributed by atoms with van der Waals surface area (Å²) in [7, 11) is 0. The van der Waals surface area contributed by atoms with Crippen molar-refractivity contribution in [3.63, 3.8) is 0 Å². The van der Waals surface area contributed by atoms with Crippen molar-refractivity contribution in [2.45, 2.75) is 64.5 Å². The molecule has 20 heavy (non-hydrogen) atoms. The van der Waals surface area contributed by atoms with Gasteiger partial charge in [-0.25, -0.2) is 0 Å². The van der Waals surface area contributed by atoms with E-state index in [2.05, 4.69) is 19.2 Å². The van der Waals surface area contributed by atoms with Gasteiger partial charge in [-0.2, -0.15) is 0 Å². The van der Waals surface area contributed by atoms with E-state index in [4.69, 9.17) is 9.47 Å². The quantitative estimate of drug-likeness (QED) is 0.541. The van der Waals surface area contributed by atoms with Crippen LogP contribution >= 0.6 is 0 Å². The van der Waals surface area contributed by atoms with Gasteiger partial charge in [-0.05, 0) is 32.1 Å². The first-order valence-corrected chi connectivity index (χ1v) is 8.31. The molecule has 0 aromatic rings. The van der Waals surface area contributed by atoms with Crippen LogP contribution in [-0.4, -0.2) is 50.2 Å². The zero-order valence-corrected chi connectivity index (χ0v) is 13.3. The lowest BCUT2D eigenvalue weighted by Crippen LogP contribution is -2.39. The van der Waals surface area contributed by atoms with E-state index in [0.29, 0.717) is 32.4 Å². The minimum atomic E-state index is -0.422. The molecule has 2 atom stereocenters. The van der Waals surface area contributed by atoms with Crippen molar-refractivity contribution in [3.8, 4) is 0 Å². The fraction of sp³-hybridized carbons (Fsp3) is 1.00. The number of nitrogens with one attached hydrogen (secondary N) is 1. The van der Waals surface area contributed by atoms with Crippen molar-refractivity contribution in [3.05, 3.63) is 0 Å². The molecule has 1 fully saturated rings. The summed E-state index contributed by atoms with van der Waals surface area (Å²) in [6, 6.07) is 0.504. The van der Waals surface area contributed by atoms with Gasteiger partial charge in [0.25, 0.3) is 0 Å². The molecule has 0 aromatic carbocycles. The van der Waals surface area contributed by atoms with E-state index in [9.17, 15) is 5.11 Å². The van der Waals surface area contributed by atoms with Crippen LogP contribution in [0.4, 0.5) is 0 Å². The maximum atomic E-state index is 9.85. The van der Waals surface area contributed by atoms with Crippen LogP contribution in [0.1, 0.15) is 52.4 Å². The van der Waals surface area contributed by atoms with Gasteiger partial charge in [0.15, 0.2) is 0 Å². The highest BCUT2D eigenvalue weighted by Gasteiger charge is 2.21. The second-order valence-electron chi connectivity index (χ2n) is 5.94. The van der Waals surface area contributed by atoms with E-state index < -0.39 is 6.10 Å². The molecule has 120 valence electrons. The summed E-state index contributed by atoms with van der Waals surface area (Å²) in [5, 5.41) is 13.3. The van der Waals surface area contributed by atoms with Gasteiger partial charge >= 0.3 is 0 Å². The van der Waals surface area contributed by atoms with Crippen molar-refractivity contribution in [1.82, 2.24) is 5.32 Å². The molecule has 0 spiro atoms. The molecule has 2 unspecified atom stereocenters. The summed E-state index contributed by atoms with van der Waals surface area (Å²) in [5.41, 5.74) is 0. The fourth-order valence-corrected chi connectivity index (χ4v) is 2.69. The number of hydrogen-bond donors (Lipinski definition) is 2. The highest BCUT2D eigenvalue weighted by molar-refractivity contribution is 4.78. The van der Waals surface area contributed by atoms with Crippen molar-refractivity contribution in [2.75, 3.05) is 33.0 Å². The molecule has 2 N–H and O–H groups in total. The van der Waals surface area contributed by atoms with Crippen molar-refractivity contribution in [1.29, 1.82) is 0 Å². The Morgan fingerprint density at radius 3 is 2.55 bits per heavy atom. The Balaban J connectivity index is 1.90. The maximum absolute atomic E-state index is 9.85. The van der Waals surface area contributed by atoms with Crippen LogP contribution in [0.2, 0.25) is 0 Å². The predicted octanol–water partition coefficient (Wildman–Crippen LogP) is 2.35. The first kappa shape index (κ1) is 17.9. The third-order valence-electron chi connectivity index (χ3n) is 4.11. The van der Waals surface area contributed by atoms with Gasteiger partial charge in [-0.15, -0.1) is 0 Å². The second kappa shape index (κ2) is 11.5. The number of aliphatic hydroxyl groups excluding tert-OH is 1. The molecule has 0 radical (unpaired) electrons. The van der Waals surface area contributed by atoms with Gasteiger partial charge in [0.05, 0.1) is 25.9 Å². The summed E-state index contributed by atoms with van der Waals surface area (Å²) < 4.78 is 10.8. The molecule has 1 aliphatic carbocycles. The van der Waals surface area contributed by atoms with E-state index in [0.717, 1.165) is 25.4 Å². The second-order valence-corrected chi connectivity index (χ2v) is 5.94. The van der Waals surface area contributed by atoms with Crippen LogP contribution in [0, 0.1) is 5.92 Å². The average molecular weight is 287 g/mol. The summed E-state index contributed by atoms with van der Waals surface area (Å²) >= 11 is 0. The van der Waals surface area contributed by atoms with Crippen molar-refractivity contribution in [2.24, 2.45) is 5.92 Å². The Morgan fingerprint density at radius 2 is 1.85 bits per heavy atom. The lowest BCUT2D eigenvalue weighted by Gasteiger charge is -2.22. The number of aliphatic hydroxyl groups is 1. The largest absolute Gasteiger partial charge is 0.389 e. The molecule has 0 aromatic heterocycles. The van der Waals surface area contributed by atoms with Gasteiger partial charge in [0.2, 0.25) is 0 Å². The molecule has 1 saturated carbocycles. The van der Waals surface area contributed by atoms with Crippen LogP contribution in [0.25, 0.3) is 0 Å². The van der Waals surface area contributed by atoms with Crippen LogP contribution in [0.3, 0.4) is 0 Å². The Kier molecular flexibility index (Phi) is 10.3. The summed E-state index contributed by atoms with van der Waals surface area (Å²) in [4.78, 5) is 0. The van der Waals surface area contributed by atoms with Crippen molar-refractivity contribution < 1.29 is 14.6 Å². The first-order valence-electron chi connectivity index (χ1n) is 8.31. The van der Waals surface area contributed by atoms with E-state index in [1.807, 2.05) is 0 Å².